The second-order valence-corrected chi connectivity index (χ2v) is 7.82. The Morgan fingerprint density at radius 1 is 1.16 bits per heavy atom. The minimum Gasteiger partial charge on any atom is -0.367 e. The van der Waals surface area contributed by atoms with E-state index in [0.717, 1.165) is 24.2 Å². The molecule has 1 aliphatic heterocycles. The minimum absolute atomic E-state index is 0.0482. The number of rotatable bonds is 5. The molecule has 0 aliphatic carbocycles. The summed E-state index contributed by atoms with van der Waals surface area (Å²) >= 11 is 0. The maximum Gasteiger partial charge on any atom is 0.200 e. The average Bonchev–Trinajstić information content (AvgIpc) is 2.79. The third kappa shape index (κ3) is 4.30. The summed E-state index contributed by atoms with van der Waals surface area (Å²) in [6.07, 6.45) is 4.68. The van der Waals surface area contributed by atoms with Gasteiger partial charge in [-0.05, 0) is 37.6 Å². The highest BCUT2D eigenvalue weighted by Gasteiger charge is 2.19. The normalized spacial score (nSPS) is 14.5. The van der Waals surface area contributed by atoms with Crippen molar-refractivity contribution < 1.29 is 9.18 Å². The molecule has 1 saturated heterocycles. The summed E-state index contributed by atoms with van der Waals surface area (Å²) in [6.45, 7) is 7.49. The number of fused-ring (bicyclic) bond motifs is 1. The summed E-state index contributed by atoms with van der Waals surface area (Å²) in [5, 5.41) is 3.49. The highest BCUT2D eigenvalue weighted by Crippen LogP contribution is 2.26. The van der Waals surface area contributed by atoms with Crippen LogP contribution in [0.15, 0.2) is 53.5 Å². The summed E-state index contributed by atoms with van der Waals surface area (Å²) in [4.78, 5) is 27.9. The van der Waals surface area contributed by atoms with Crippen LogP contribution in [-0.2, 0) is 6.54 Å². The van der Waals surface area contributed by atoms with Gasteiger partial charge in [0, 0.05) is 44.3 Å². The number of carbonyl (C=O) groups is 1. The molecule has 160 valence electrons. The molecular weight excluding hydrogens is 393 g/mol. The van der Waals surface area contributed by atoms with Gasteiger partial charge in [-0.15, -0.1) is 0 Å². The van der Waals surface area contributed by atoms with E-state index < -0.39 is 11.2 Å². The first kappa shape index (κ1) is 21.0. The molecule has 0 bridgehead atoms. The smallest absolute Gasteiger partial charge is 0.200 e. The predicted molar refractivity (Wildman–Crippen MR) is 123 cm³/mol. The summed E-state index contributed by atoms with van der Waals surface area (Å²) in [6, 6.07) is 10.8. The highest BCUT2D eigenvalue weighted by atomic mass is 19.1. The molecule has 0 amide bonds. The van der Waals surface area contributed by atoms with Gasteiger partial charge in [-0.3, -0.25) is 9.59 Å². The fraction of sp³-hybridized carbons (Fsp3) is 0.280. The second kappa shape index (κ2) is 8.86. The van der Waals surface area contributed by atoms with E-state index in [1.165, 1.54) is 12.1 Å². The third-order valence-corrected chi connectivity index (χ3v) is 5.72. The van der Waals surface area contributed by atoms with Crippen LogP contribution in [0.1, 0.15) is 28.4 Å². The maximum atomic E-state index is 14.9. The van der Waals surface area contributed by atoms with Crippen molar-refractivity contribution in [3.63, 3.8) is 0 Å². The molecule has 0 unspecified atom stereocenters. The van der Waals surface area contributed by atoms with Crippen LogP contribution in [0.25, 0.3) is 17.0 Å². The number of hydrogen-bond acceptors (Lipinski definition) is 4. The number of pyridine rings is 1. The lowest BCUT2D eigenvalue weighted by atomic mass is 10.1. The fourth-order valence-corrected chi connectivity index (χ4v) is 3.92. The Morgan fingerprint density at radius 3 is 2.55 bits per heavy atom. The SMILES string of the molecule is CCn1cc(C(=O)/C=C/c2ccc(C)cc2)c(=O)c2cc(F)c(N3CCNCC3)cc21. The molecule has 2 heterocycles. The Morgan fingerprint density at radius 2 is 1.87 bits per heavy atom. The van der Waals surface area contributed by atoms with Gasteiger partial charge in [0.1, 0.15) is 5.82 Å². The molecule has 1 aromatic heterocycles. The van der Waals surface area contributed by atoms with Gasteiger partial charge < -0.3 is 14.8 Å². The van der Waals surface area contributed by atoms with E-state index in [-0.39, 0.29) is 16.7 Å². The topological polar surface area (TPSA) is 54.3 Å². The number of aryl methyl sites for hydroxylation is 2. The zero-order valence-electron chi connectivity index (χ0n) is 17.8. The van der Waals surface area contributed by atoms with Crippen molar-refractivity contribution >= 4 is 28.4 Å². The van der Waals surface area contributed by atoms with Crippen molar-refractivity contribution in [2.75, 3.05) is 31.1 Å². The average molecular weight is 420 g/mol. The number of benzene rings is 2. The van der Waals surface area contributed by atoms with E-state index in [1.54, 1.807) is 18.3 Å². The number of aromatic nitrogens is 1. The quantitative estimate of drug-likeness (QED) is 0.505. The van der Waals surface area contributed by atoms with Crippen molar-refractivity contribution in [3.8, 4) is 0 Å². The second-order valence-electron chi connectivity index (χ2n) is 7.82. The zero-order chi connectivity index (χ0) is 22.0. The van der Waals surface area contributed by atoms with Gasteiger partial charge >= 0.3 is 0 Å². The molecule has 0 atom stereocenters. The van der Waals surface area contributed by atoms with Crippen LogP contribution in [0.4, 0.5) is 10.1 Å². The van der Waals surface area contributed by atoms with Crippen LogP contribution in [0.2, 0.25) is 0 Å². The van der Waals surface area contributed by atoms with Gasteiger partial charge in [0.2, 0.25) is 5.43 Å². The van der Waals surface area contributed by atoms with E-state index >= 15 is 0 Å². The van der Waals surface area contributed by atoms with E-state index in [1.807, 2.05) is 47.6 Å². The van der Waals surface area contributed by atoms with Gasteiger partial charge in [0.25, 0.3) is 0 Å². The molecule has 0 saturated carbocycles. The Labute approximate surface area is 180 Å². The number of halogens is 1. The number of nitrogens with zero attached hydrogens (tertiary/aromatic N) is 2. The number of piperazine rings is 1. The lowest BCUT2D eigenvalue weighted by Crippen LogP contribution is -2.43. The van der Waals surface area contributed by atoms with E-state index in [2.05, 4.69) is 5.32 Å². The number of anilines is 1. The minimum atomic E-state index is -0.441. The first-order valence-electron chi connectivity index (χ1n) is 10.6. The van der Waals surface area contributed by atoms with Crippen LogP contribution in [0, 0.1) is 12.7 Å². The van der Waals surface area contributed by atoms with E-state index in [9.17, 15) is 14.0 Å². The van der Waals surface area contributed by atoms with Crippen molar-refractivity contribution in [2.24, 2.45) is 0 Å². The highest BCUT2D eigenvalue weighted by molar-refractivity contribution is 6.08. The Balaban J connectivity index is 1.75. The first-order chi connectivity index (χ1) is 15.0. The number of allylic oxidation sites excluding steroid dienone is 1. The van der Waals surface area contributed by atoms with Gasteiger partial charge in [-0.1, -0.05) is 35.9 Å². The van der Waals surface area contributed by atoms with Gasteiger partial charge in [-0.25, -0.2) is 4.39 Å². The molecule has 1 N–H and O–H groups in total. The summed E-state index contributed by atoms with van der Waals surface area (Å²) in [7, 11) is 0. The number of carbonyl (C=O) groups excluding carboxylic acids is 1. The number of hydrogen-bond donors (Lipinski definition) is 1. The summed E-state index contributed by atoms with van der Waals surface area (Å²) in [5.41, 5.74) is 2.75. The van der Waals surface area contributed by atoms with Gasteiger partial charge in [0.15, 0.2) is 5.78 Å². The Kier molecular flexibility index (Phi) is 6.00. The molecule has 1 fully saturated rings. The van der Waals surface area contributed by atoms with Crippen molar-refractivity contribution in [1.29, 1.82) is 0 Å². The molecule has 0 spiro atoms. The molecule has 5 nitrogen and oxygen atoms in total. The molecule has 2 aromatic carbocycles. The van der Waals surface area contributed by atoms with Crippen LogP contribution < -0.4 is 15.6 Å². The van der Waals surface area contributed by atoms with E-state index in [4.69, 9.17) is 0 Å². The largest absolute Gasteiger partial charge is 0.367 e. The Bertz CT molecular complexity index is 1210. The van der Waals surface area contributed by atoms with Crippen LogP contribution >= 0.6 is 0 Å². The molecule has 6 heteroatoms. The number of ketones is 1. The van der Waals surface area contributed by atoms with Gasteiger partial charge in [-0.2, -0.15) is 0 Å². The third-order valence-electron chi connectivity index (χ3n) is 5.72. The monoisotopic (exact) mass is 419 g/mol. The van der Waals surface area contributed by atoms with Crippen molar-refractivity contribution in [2.45, 2.75) is 20.4 Å². The summed E-state index contributed by atoms with van der Waals surface area (Å²) in [5.74, 6) is -0.824. The molecule has 0 radical (unpaired) electrons. The van der Waals surface area contributed by atoms with Crippen molar-refractivity contribution in [1.82, 2.24) is 9.88 Å². The molecular formula is C25H26FN3O2. The van der Waals surface area contributed by atoms with E-state index in [0.29, 0.717) is 30.8 Å². The standard InChI is InChI=1S/C25H26FN3O2/c1-3-28-16-20(24(30)9-8-18-6-4-17(2)5-7-18)25(31)19-14-21(26)23(15-22(19)28)29-12-10-27-11-13-29/h4-9,14-16,27H,3,10-13H2,1-2H3/b9-8+. The molecule has 4 rings (SSSR count). The van der Waals surface area contributed by atoms with Crippen molar-refractivity contribution in [3.05, 3.63) is 81.4 Å². The Hall–Kier alpha value is -3.25. The maximum absolute atomic E-state index is 14.9. The lowest BCUT2D eigenvalue weighted by Gasteiger charge is -2.30. The van der Waals surface area contributed by atoms with Crippen LogP contribution in [0.5, 0.6) is 0 Å². The fourth-order valence-electron chi connectivity index (χ4n) is 3.92. The van der Waals surface area contributed by atoms with Crippen LogP contribution in [0.3, 0.4) is 0 Å². The predicted octanol–water partition coefficient (Wildman–Crippen LogP) is 3.77. The lowest BCUT2D eigenvalue weighted by molar-refractivity contribution is 0.104. The number of nitrogens with one attached hydrogen (secondary N) is 1. The van der Waals surface area contributed by atoms with Gasteiger partial charge in [0.05, 0.1) is 16.8 Å². The summed E-state index contributed by atoms with van der Waals surface area (Å²) < 4.78 is 16.8. The zero-order valence-corrected chi connectivity index (χ0v) is 17.8. The first-order valence-corrected chi connectivity index (χ1v) is 10.6. The molecule has 3 aromatic rings. The molecule has 1 aliphatic rings. The molecule has 31 heavy (non-hydrogen) atoms. The van der Waals surface area contributed by atoms with Crippen LogP contribution in [-0.4, -0.2) is 36.5 Å².